The van der Waals surface area contributed by atoms with Gasteiger partial charge in [0.05, 0.1) is 0 Å². The Kier molecular flexibility index (Phi) is 5.39. The number of hydrogen-bond acceptors (Lipinski definition) is 6. The van der Waals surface area contributed by atoms with Crippen molar-refractivity contribution < 1.29 is 9.15 Å². The third-order valence-corrected chi connectivity index (χ3v) is 3.01. The number of anilines is 1. The summed E-state index contributed by atoms with van der Waals surface area (Å²) in [5.74, 6) is 1.51. The molecular weight excluding hydrogens is 280 g/mol. The van der Waals surface area contributed by atoms with E-state index in [9.17, 15) is 0 Å². The molecule has 6 nitrogen and oxygen atoms in total. The number of nitrogens with one attached hydrogen (secondary N) is 1. The number of oxazole rings is 1. The van der Waals surface area contributed by atoms with Crippen LogP contribution < -0.4 is 10.1 Å². The minimum atomic E-state index is 0.188. The van der Waals surface area contributed by atoms with Crippen LogP contribution in [0, 0.1) is 18.3 Å². The number of aryl methyl sites for hydroxylation is 1. The average Bonchev–Trinajstić information content (AvgIpc) is 2.89. The van der Waals surface area contributed by atoms with Gasteiger partial charge in [-0.25, -0.2) is 0 Å². The number of nitrogens with zero attached hydrogens (tertiary/aromatic N) is 3. The molecule has 2 aromatic rings. The lowest BCUT2D eigenvalue weighted by Crippen LogP contribution is -2.20. The van der Waals surface area contributed by atoms with Crippen LogP contribution in [0.25, 0.3) is 0 Å². The number of likely N-dealkylation sites (N-methyl/N-ethyl adjacent to an activating group) is 1. The third-order valence-electron chi connectivity index (χ3n) is 3.01. The van der Waals surface area contributed by atoms with E-state index in [0.29, 0.717) is 18.3 Å². The number of rotatable bonds is 7. The molecule has 0 spiro atoms. The molecular formula is C16H20N4O2. The van der Waals surface area contributed by atoms with Crippen LogP contribution in [0.3, 0.4) is 0 Å². The van der Waals surface area contributed by atoms with Gasteiger partial charge >= 0.3 is 0 Å². The molecule has 0 atom stereocenters. The molecule has 0 fully saturated rings. The highest BCUT2D eigenvalue weighted by molar-refractivity contribution is 5.45. The summed E-state index contributed by atoms with van der Waals surface area (Å²) in [6, 6.07) is 9.74. The minimum absolute atomic E-state index is 0.188. The molecule has 0 unspecified atom stereocenters. The molecule has 0 aliphatic rings. The monoisotopic (exact) mass is 300 g/mol. The van der Waals surface area contributed by atoms with Gasteiger partial charge in [-0.15, -0.1) is 0 Å². The molecule has 0 saturated carbocycles. The van der Waals surface area contributed by atoms with Crippen molar-refractivity contribution in [3.8, 4) is 11.8 Å². The summed E-state index contributed by atoms with van der Waals surface area (Å²) in [4.78, 5) is 6.17. The van der Waals surface area contributed by atoms with Crippen LogP contribution in [0.2, 0.25) is 0 Å². The van der Waals surface area contributed by atoms with Crippen LogP contribution in [0.15, 0.2) is 28.7 Å². The van der Waals surface area contributed by atoms with Crippen molar-refractivity contribution in [2.75, 3.05) is 32.5 Å². The molecule has 0 radical (unpaired) electrons. The van der Waals surface area contributed by atoms with E-state index in [1.54, 1.807) is 0 Å². The predicted molar refractivity (Wildman–Crippen MR) is 83.8 cm³/mol. The fourth-order valence-corrected chi connectivity index (χ4v) is 1.79. The maximum atomic E-state index is 9.09. The smallest absolute Gasteiger partial charge is 0.236 e. The van der Waals surface area contributed by atoms with Gasteiger partial charge in [0, 0.05) is 13.1 Å². The van der Waals surface area contributed by atoms with Crippen molar-refractivity contribution >= 4 is 5.88 Å². The zero-order valence-electron chi connectivity index (χ0n) is 13.1. The highest BCUT2D eigenvalue weighted by atomic mass is 16.5. The van der Waals surface area contributed by atoms with Crippen molar-refractivity contribution in [3.05, 3.63) is 41.4 Å². The van der Waals surface area contributed by atoms with Crippen molar-refractivity contribution in [1.82, 2.24) is 9.88 Å². The second-order valence-electron chi connectivity index (χ2n) is 5.23. The summed E-state index contributed by atoms with van der Waals surface area (Å²) in [5.41, 5.74) is 1.42. The summed E-state index contributed by atoms with van der Waals surface area (Å²) >= 11 is 0. The van der Waals surface area contributed by atoms with Gasteiger partial charge in [0.25, 0.3) is 0 Å². The van der Waals surface area contributed by atoms with Gasteiger partial charge in [0.2, 0.25) is 17.5 Å². The Bertz CT molecular complexity index is 641. The molecule has 1 aromatic carbocycles. The number of benzene rings is 1. The Hall–Kier alpha value is -2.52. The zero-order chi connectivity index (χ0) is 15.9. The molecule has 1 N–H and O–H groups in total. The normalized spacial score (nSPS) is 10.5. The van der Waals surface area contributed by atoms with Gasteiger partial charge in [-0.1, -0.05) is 17.7 Å². The highest BCUT2D eigenvalue weighted by Crippen LogP contribution is 2.18. The van der Waals surface area contributed by atoms with Gasteiger partial charge < -0.3 is 19.4 Å². The molecule has 6 heteroatoms. The van der Waals surface area contributed by atoms with Crippen LogP contribution >= 0.6 is 0 Å². The molecule has 0 amide bonds. The van der Waals surface area contributed by atoms with E-state index in [2.05, 4.69) is 10.3 Å². The van der Waals surface area contributed by atoms with Crippen LogP contribution in [0.5, 0.6) is 5.75 Å². The Morgan fingerprint density at radius 2 is 2.05 bits per heavy atom. The SMILES string of the molecule is Cc1ccc(OCc2nc(C#N)c(NCCN(C)C)o2)cc1. The summed E-state index contributed by atoms with van der Waals surface area (Å²) in [7, 11) is 3.96. The maximum Gasteiger partial charge on any atom is 0.236 e. The molecule has 22 heavy (non-hydrogen) atoms. The van der Waals surface area contributed by atoms with E-state index in [1.165, 1.54) is 5.56 Å². The van der Waals surface area contributed by atoms with E-state index < -0.39 is 0 Å². The second kappa shape index (κ2) is 7.48. The van der Waals surface area contributed by atoms with Crippen molar-refractivity contribution in [2.45, 2.75) is 13.5 Å². The van der Waals surface area contributed by atoms with E-state index in [1.807, 2.05) is 56.3 Å². The summed E-state index contributed by atoms with van der Waals surface area (Å²) in [6.45, 7) is 3.71. The lowest BCUT2D eigenvalue weighted by atomic mass is 10.2. The van der Waals surface area contributed by atoms with E-state index >= 15 is 0 Å². The Balaban J connectivity index is 1.95. The Morgan fingerprint density at radius 3 is 2.68 bits per heavy atom. The number of ether oxygens (including phenoxy) is 1. The number of nitriles is 1. The van der Waals surface area contributed by atoms with E-state index in [-0.39, 0.29) is 12.3 Å². The first-order valence-electron chi connectivity index (χ1n) is 7.06. The molecule has 0 bridgehead atoms. The quantitative estimate of drug-likeness (QED) is 0.846. The van der Waals surface area contributed by atoms with Gasteiger partial charge in [0.15, 0.2) is 6.61 Å². The first-order chi connectivity index (χ1) is 10.6. The van der Waals surface area contributed by atoms with Crippen LogP contribution in [-0.4, -0.2) is 37.1 Å². The fourth-order valence-electron chi connectivity index (χ4n) is 1.79. The molecule has 1 heterocycles. The molecule has 0 aliphatic carbocycles. The average molecular weight is 300 g/mol. The largest absolute Gasteiger partial charge is 0.484 e. The van der Waals surface area contributed by atoms with Gasteiger partial charge in [0.1, 0.15) is 11.8 Å². The van der Waals surface area contributed by atoms with Crippen LogP contribution in [0.4, 0.5) is 5.88 Å². The van der Waals surface area contributed by atoms with E-state index in [0.717, 1.165) is 12.3 Å². The third kappa shape index (κ3) is 4.50. The molecule has 1 aromatic heterocycles. The predicted octanol–water partition coefficient (Wildman–Crippen LogP) is 2.41. The molecule has 0 saturated heterocycles. The van der Waals surface area contributed by atoms with Crippen molar-refractivity contribution in [1.29, 1.82) is 5.26 Å². The number of aromatic nitrogens is 1. The van der Waals surface area contributed by atoms with Crippen molar-refractivity contribution in [2.24, 2.45) is 0 Å². The molecule has 0 aliphatic heterocycles. The fraction of sp³-hybridized carbons (Fsp3) is 0.375. The standard InChI is InChI=1S/C16H20N4O2/c1-12-4-6-13(7-5-12)21-11-15-19-14(10-17)16(22-15)18-8-9-20(2)3/h4-7,18H,8-9,11H2,1-3H3. The molecule has 2 rings (SSSR count). The van der Waals surface area contributed by atoms with E-state index in [4.69, 9.17) is 14.4 Å². The minimum Gasteiger partial charge on any atom is -0.484 e. The van der Waals surface area contributed by atoms with Gasteiger partial charge in [-0.3, -0.25) is 0 Å². The topological polar surface area (TPSA) is 74.3 Å². The summed E-state index contributed by atoms with van der Waals surface area (Å²) < 4.78 is 11.1. The van der Waals surface area contributed by atoms with Crippen LogP contribution in [-0.2, 0) is 6.61 Å². The first kappa shape index (κ1) is 15.9. The first-order valence-corrected chi connectivity index (χ1v) is 7.06. The number of hydrogen-bond donors (Lipinski definition) is 1. The lowest BCUT2D eigenvalue weighted by Gasteiger charge is -2.09. The summed E-state index contributed by atoms with van der Waals surface area (Å²) in [6.07, 6.45) is 0. The summed E-state index contributed by atoms with van der Waals surface area (Å²) in [5, 5.41) is 12.2. The molecule has 116 valence electrons. The lowest BCUT2D eigenvalue weighted by molar-refractivity contribution is 0.264. The second-order valence-corrected chi connectivity index (χ2v) is 5.23. The highest BCUT2D eigenvalue weighted by Gasteiger charge is 2.13. The Morgan fingerprint density at radius 1 is 1.32 bits per heavy atom. The van der Waals surface area contributed by atoms with Crippen LogP contribution in [0.1, 0.15) is 17.1 Å². The van der Waals surface area contributed by atoms with Crippen molar-refractivity contribution in [3.63, 3.8) is 0 Å². The Labute approximate surface area is 130 Å². The zero-order valence-corrected chi connectivity index (χ0v) is 13.1. The maximum absolute atomic E-state index is 9.09. The van der Waals surface area contributed by atoms with Gasteiger partial charge in [-0.2, -0.15) is 10.2 Å². The van der Waals surface area contributed by atoms with Gasteiger partial charge in [-0.05, 0) is 33.2 Å².